The zero-order valence-corrected chi connectivity index (χ0v) is 24.7. The first-order valence-electron chi connectivity index (χ1n) is 15.5. The maximum absolute atomic E-state index is 2.37. The molecule has 0 aliphatic rings. The van der Waals surface area contributed by atoms with Gasteiger partial charge in [-0.2, -0.15) is 0 Å². The molecule has 0 aliphatic heterocycles. The van der Waals surface area contributed by atoms with Gasteiger partial charge in [-0.05, 0) is 97.4 Å². The Morgan fingerprint density at radius 2 is 0.911 bits per heavy atom. The highest BCUT2D eigenvalue weighted by Gasteiger charge is 2.15. The SMILES string of the molecule is c1ccc(-n2c3ccccc3c3cc(-c4cccc(-c5ccccc5-c5cc6ccccc6c6ccccc56)c4)ccc32)cc1. The molecule has 210 valence electrons. The van der Waals surface area contributed by atoms with Crippen LogP contribution < -0.4 is 0 Å². The molecule has 0 N–H and O–H groups in total. The highest BCUT2D eigenvalue weighted by Crippen LogP contribution is 2.41. The lowest BCUT2D eigenvalue weighted by molar-refractivity contribution is 1.18. The van der Waals surface area contributed by atoms with Crippen molar-refractivity contribution in [3.8, 4) is 39.1 Å². The Labute approximate surface area is 262 Å². The summed E-state index contributed by atoms with van der Waals surface area (Å²) in [6, 6.07) is 64.0. The van der Waals surface area contributed by atoms with E-state index in [2.05, 4.69) is 180 Å². The molecule has 0 atom stereocenters. The fourth-order valence-corrected chi connectivity index (χ4v) is 7.12. The fraction of sp³-hybridized carbons (Fsp3) is 0. The van der Waals surface area contributed by atoms with E-state index < -0.39 is 0 Å². The maximum Gasteiger partial charge on any atom is 0.0541 e. The van der Waals surface area contributed by atoms with Crippen LogP contribution >= 0.6 is 0 Å². The molecule has 0 unspecified atom stereocenters. The van der Waals surface area contributed by atoms with Gasteiger partial charge in [0, 0.05) is 16.5 Å². The van der Waals surface area contributed by atoms with Crippen LogP contribution in [0.5, 0.6) is 0 Å². The van der Waals surface area contributed by atoms with Gasteiger partial charge in [-0.1, -0.05) is 133 Å². The van der Waals surface area contributed by atoms with Gasteiger partial charge in [0.15, 0.2) is 0 Å². The molecule has 0 saturated carbocycles. The minimum absolute atomic E-state index is 1.18. The smallest absolute Gasteiger partial charge is 0.0541 e. The molecule has 1 aromatic heterocycles. The number of hydrogen-bond donors (Lipinski definition) is 0. The van der Waals surface area contributed by atoms with Crippen molar-refractivity contribution in [3.63, 3.8) is 0 Å². The Balaban J connectivity index is 1.21. The van der Waals surface area contributed by atoms with Crippen LogP contribution in [0.4, 0.5) is 0 Å². The van der Waals surface area contributed by atoms with Gasteiger partial charge >= 0.3 is 0 Å². The van der Waals surface area contributed by atoms with E-state index in [-0.39, 0.29) is 0 Å². The number of hydrogen-bond acceptors (Lipinski definition) is 0. The summed E-state index contributed by atoms with van der Waals surface area (Å²) in [6.45, 7) is 0. The maximum atomic E-state index is 2.37. The van der Waals surface area contributed by atoms with Crippen LogP contribution in [0.25, 0.3) is 82.4 Å². The number of benzene rings is 8. The largest absolute Gasteiger partial charge is 0.309 e. The first-order valence-corrected chi connectivity index (χ1v) is 15.5. The Morgan fingerprint density at radius 3 is 1.78 bits per heavy atom. The van der Waals surface area contributed by atoms with E-state index in [0.29, 0.717) is 0 Å². The fourth-order valence-electron chi connectivity index (χ4n) is 7.12. The summed E-state index contributed by atoms with van der Waals surface area (Å²) in [5.74, 6) is 0. The van der Waals surface area contributed by atoms with E-state index in [0.717, 1.165) is 0 Å². The number of aromatic nitrogens is 1. The summed E-state index contributed by atoms with van der Waals surface area (Å²) in [5, 5.41) is 7.65. The molecule has 45 heavy (non-hydrogen) atoms. The molecule has 0 saturated heterocycles. The van der Waals surface area contributed by atoms with Crippen molar-refractivity contribution >= 4 is 43.4 Å². The molecule has 1 heteroatoms. The lowest BCUT2D eigenvalue weighted by atomic mass is 9.88. The summed E-state index contributed by atoms with van der Waals surface area (Å²) in [7, 11) is 0. The predicted molar refractivity (Wildman–Crippen MR) is 192 cm³/mol. The average molecular weight is 572 g/mol. The van der Waals surface area contributed by atoms with E-state index >= 15 is 0 Å². The summed E-state index contributed by atoms with van der Waals surface area (Å²) < 4.78 is 2.37. The van der Waals surface area contributed by atoms with Gasteiger partial charge in [-0.3, -0.25) is 0 Å². The van der Waals surface area contributed by atoms with E-state index in [1.54, 1.807) is 0 Å². The molecule has 1 nitrogen and oxygen atoms in total. The van der Waals surface area contributed by atoms with Gasteiger partial charge in [-0.25, -0.2) is 0 Å². The quantitative estimate of drug-likeness (QED) is 0.185. The Bertz CT molecular complexity index is 2530. The third-order valence-electron chi connectivity index (χ3n) is 9.18. The van der Waals surface area contributed by atoms with Gasteiger partial charge < -0.3 is 4.57 Å². The lowest BCUT2D eigenvalue weighted by Crippen LogP contribution is -1.92. The van der Waals surface area contributed by atoms with Crippen LogP contribution in [-0.2, 0) is 0 Å². The van der Waals surface area contributed by atoms with E-state index in [1.165, 1.54) is 82.4 Å². The molecular weight excluding hydrogens is 542 g/mol. The molecule has 0 fully saturated rings. The second-order valence-electron chi connectivity index (χ2n) is 11.7. The molecular formula is C44H29N. The number of fused-ring (bicyclic) bond motifs is 6. The van der Waals surface area contributed by atoms with Crippen molar-refractivity contribution in [3.05, 3.63) is 176 Å². The van der Waals surface area contributed by atoms with Crippen LogP contribution in [0, 0.1) is 0 Å². The van der Waals surface area contributed by atoms with Crippen LogP contribution in [0.3, 0.4) is 0 Å². The third kappa shape index (κ3) is 4.17. The topological polar surface area (TPSA) is 4.93 Å². The predicted octanol–water partition coefficient (Wildman–Crippen LogP) is 12.1. The van der Waals surface area contributed by atoms with Crippen molar-refractivity contribution in [2.24, 2.45) is 0 Å². The molecule has 0 radical (unpaired) electrons. The second-order valence-corrected chi connectivity index (χ2v) is 11.7. The number of rotatable bonds is 4. The van der Waals surface area contributed by atoms with Crippen molar-refractivity contribution < 1.29 is 0 Å². The molecule has 9 rings (SSSR count). The van der Waals surface area contributed by atoms with Gasteiger partial charge in [0.1, 0.15) is 0 Å². The van der Waals surface area contributed by atoms with Gasteiger partial charge in [-0.15, -0.1) is 0 Å². The first kappa shape index (κ1) is 25.6. The van der Waals surface area contributed by atoms with Crippen molar-refractivity contribution in [1.82, 2.24) is 4.57 Å². The minimum Gasteiger partial charge on any atom is -0.309 e. The Hall–Kier alpha value is -5.92. The van der Waals surface area contributed by atoms with Gasteiger partial charge in [0.2, 0.25) is 0 Å². The summed E-state index contributed by atoms with van der Waals surface area (Å²) >= 11 is 0. The van der Waals surface area contributed by atoms with Crippen LogP contribution in [0.15, 0.2) is 176 Å². The molecule has 0 bridgehead atoms. The molecule has 1 heterocycles. The van der Waals surface area contributed by atoms with Crippen LogP contribution in [0.2, 0.25) is 0 Å². The molecule has 8 aromatic carbocycles. The van der Waals surface area contributed by atoms with Gasteiger partial charge in [0.25, 0.3) is 0 Å². The van der Waals surface area contributed by atoms with Gasteiger partial charge in [0.05, 0.1) is 11.0 Å². The summed E-state index contributed by atoms with van der Waals surface area (Å²) in [6.07, 6.45) is 0. The lowest BCUT2D eigenvalue weighted by Gasteiger charge is -2.15. The number of nitrogens with zero attached hydrogens (tertiary/aromatic N) is 1. The molecule has 9 aromatic rings. The van der Waals surface area contributed by atoms with Crippen molar-refractivity contribution in [2.45, 2.75) is 0 Å². The van der Waals surface area contributed by atoms with Crippen LogP contribution in [0.1, 0.15) is 0 Å². The van der Waals surface area contributed by atoms with Crippen molar-refractivity contribution in [1.29, 1.82) is 0 Å². The van der Waals surface area contributed by atoms with Crippen LogP contribution in [-0.4, -0.2) is 4.57 Å². The minimum atomic E-state index is 1.18. The zero-order chi connectivity index (χ0) is 29.7. The van der Waals surface area contributed by atoms with Crippen molar-refractivity contribution in [2.75, 3.05) is 0 Å². The zero-order valence-electron chi connectivity index (χ0n) is 24.7. The number of para-hydroxylation sites is 2. The summed E-state index contributed by atoms with van der Waals surface area (Å²) in [4.78, 5) is 0. The molecule has 0 spiro atoms. The van der Waals surface area contributed by atoms with E-state index in [4.69, 9.17) is 0 Å². The third-order valence-corrected chi connectivity index (χ3v) is 9.18. The normalized spacial score (nSPS) is 11.6. The molecule has 0 amide bonds. The first-order chi connectivity index (χ1) is 22.3. The Kier molecular flexibility index (Phi) is 5.89. The van der Waals surface area contributed by atoms with E-state index in [9.17, 15) is 0 Å². The Morgan fingerprint density at radius 1 is 0.289 bits per heavy atom. The highest BCUT2D eigenvalue weighted by atomic mass is 15.0. The standard InChI is InChI=1S/C44H29N/c1-2-16-34(17-3-1)45-43-24-11-10-23-40(43)42-28-31(25-26-44(42)45)30-14-12-15-32(27-30)35-19-6-7-21-38(35)41-29-33-13-4-5-18-36(33)37-20-8-9-22-39(37)41/h1-29H. The average Bonchev–Trinajstić information content (AvgIpc) is 3.45. The molecule has 0 aliphatic carbocycles. The second kappa shape index (κ2) is 10.4. The monoisotopic (exact) mass is 571 g/mol. The van der Waals surface area contributed by atoms with E-state index in [1.807, 2.05) is 0 Å². The summed E-state index contributed by atoms with van der Waals surface area (Å²) in [5.41, 5.74) is 11.0. The highest BCUT2D eigenvalue weighted by molar-refractivity contribution is 6.15.